The molecule has 0 atom stereocenters. The first-order valence-electron chi connectivity index (χ1n) is 9.96. The number of hydrogen-bond donors (Lipinski definition) is 0. The van der Waals surface area contributed by atoms with Gasteiger partial charge in [-0.05, 0) is 54.6 Å². The van der Waals surface area contributed by atoms with Crippen molar-refractivity contribution < 1.29 is 18.6 Å². The van der Waals surface area contributed by atoms with Crippen LogP contribution in [0.15, 0.2) is 66.9 Å². The number of halogens is 1. The van der Waals surface area contributed by atoms with E-state index < -0.39 is 0 Å². The molecule has 0 fully saturated rings. The van der Waals surface area contributed by atoms with Gasteiger partial charge in [0.25, 0.3) is 0 Å². The minimum Gasteiger partial charge on any atom is -0.497 e. The molecule has 0 N–H and O–H groups in total. The van der Waals surface area contributed by atoms with Crippen LogP contribution in [0.2, 0.25) is 0 Å². The minimum atomic E-state index is -0.307. The Kier molecular flexibility index (Phi) is 4.86. The van der Waals surface area contributed by atoms with Crippen LogP contribution in [-0.2, 0) is 0 Å². The zero-order valence-electron chi connectivity index (χ0n) is 17.8. The summed E-state index contributed by atoms with van der Waals surface area (Å²) in [5.74, 6) is 1.64. The van der Waals surface area contributed by atoms with Crippen molar-refractivity contribution in [3.63, 3.8) is 0 Å². The number of aromatic nitrogens is 3. The SMILES string of the molecule is COc1ccc(-c2nn(-c3ccc(F)cc3)c3c2cnc2cc(OC)c(OC)cc23)cc1. The smallest absolute Gasteiger partial charge is 0.162 e. The maximum Gasteiger partial charge on any atom is 0.162 e. The van der Waals surface area contributed by atoms with Gasteiger partial charge in [-0.15, -0.1) is 0 Å². The molecule has 0 bridgehead atoms. The van der Waals surface area contributed by atoms with Crippen LogP contribution in [0.1, 0.15) is 0 Å². The van der Waals surface area contributed by atoms with E-state index >= 15 is 0 Å². The summed E-state index contributed by atoms with van der Waals surface area (Å²) >= 11 is 0. The van der Waals surface area contributed by atoms with Crippen LogP contribution < -0.4 is 14.2 Å². The molecule has 0 amide bonds. The molecule has 0 aliphatic heterocycles. The lowest BCUT2D eigenvalue weighted by Crippen LogP contribution is -1.98. The summed E-state index contributed by atoms with van der Waals surface area (Å²) in [6, 6.07) is 17.7. The molecule has 0 unspecified atom stereocenters. The molecular weight excluding hydrogens is 409 g/mol. The van der Waals surface area contributed by atoms with Gasteiger partial charge in [0, 0.05) is 28.6 Å². The Morgan fingerprint density at radius 3 is 2.12 bits per heavy atom. The predicted octanol–water partition coefficient (Wildman–Crippen LogP) is 5.41. The fraction of sp³-hybridized carbons (Fsp3) is 0.120. The summed E-state index contributed by atoms with van der Waals surface area (Å²) in [4.78, 5) is 4.66. The van der Waals surface area contributed by atoms with Gasteiger partial charge in [-0.25, -0.2) is 9.07 Å². The lowest BCUT2D eigenvalue weighted by Gasteiger charge is -2.11. The number of ether oxygens (including phenoxy) is 3. The van der Waals surface area contributed by atoms with Crippen LogP contribution in [0.4, 0.5) is 4.39 Å². The number of fused-ring (bicyclic) bond motifs is 3. The van der Waals surface area contributed by atoms with Gasteiger partial charge < -0.3 is 14.2 Å². The highest BCUT2D eigenvalue weighted by Gasteiger charge is 2.19. The highest BCUT2D eigenvalue weighted by Crippen LogP contribution is 2.38. The Hall–Kier alpha value is -4.13. The van der Waals surface area contributed by atoms with Crippen LogP contribution in [0.25, 0.3) is 38.8 Å². The van der Waals surface area contributed by atoms with Gasteiger partial charge in [0.05, 0.1) is 38.1 Å². The molecule has 0 aliphatic rings. The van der Waals surface area contributed by atoms with Crippen molar-refractivity contribution in [1.82, 2.24) is 14.8 Å². The van der Waals surface area contributed by atoms with Gasteiger partial charge >= 0.3 is 0 Å². The van der Waals surface area contributed by atoms with E-state index in [1.54, 1.807) is 39.7 Å². The van der Waals surface area contributed by atoms with Crippen LogP contribution >= 0.6 is 0 Å². The second-order valence-electron chi connectivity index (χ2n) is 7.21. The molecule has 3 aromatic carbocycles. The van der Waals surface area contributed by atoms with Gasteiger partial charge in [0.2, 0.25) is 0 Å². The van der Waals surface area contributed by atoms with Gasteiger partial charge in [0.15, 0.2) is 11.5 Å². The van der Waals surface area contributed by atoms with Crippen molar-refractivity contribution in [1.29, 1.82) is 0 Å². The van der Waals surface area contributed by atoms with E-state index in [-0.39, 0.29) is 5.82 Å². The van der Waals surface area contributed by atoms with Crippen LogP contribution in [0.3, 0.4) is 0 Å². The van der Waals surface area contributed by atoms with Crippen LogP contribution in [0.5, 0.6) is 17.2 Å². The highest BCUT2D eigenvalue weighted by molar-refractivity contribution is 6.09. The zero-order chi connectivity index (χ0) is 22.2. The topological polar surface area (TPSA) is 58.4 Å². The highest BCUT2D eigenvalue weighted by atomic mass is 19.1. The van der Waals surface area contributed by atoms with Crippen molar-refractivity contribution in [2.75, 3.05) is 21.3 Å². The zero-order valence-corrected chi connectivity index (χ0v) is 17.8. The standard InChI is InChI=1S/C25H20FN3O3/c1-30-18-10-4-15(5-11-18)24-20-14-27-21-13-23(32-3)22(31-2)12-19(21)25(20)29(28-24)17-8-6-16(26)7-9-17/h4-14H,1-3H3. The average Bonchev–Trinajstić information content (AvgIpc) is 3.23. The lowest BCUT2D eigenvalue weighted by atomic mass is 10.1. The van der Waals surface area contributed by atoms with Crippen molar-refractivity contribution in [2.24, 2.45) is 0 Å². The summed E-state index contributed by atoms with van der Waals surface area (Å²) in [5.41, 5.74) is 3.99. The predicted molar refractivity (Wildman–Crippen MR) is 121 cm³/mol. The normalized spacial score (nSPS) is 11.1. The van der Waals surface area contributed by atoms with Crippen molar-refractivity contribution in [3.8, 4) is 34.2 Å². The van der Waals surface area contributed by atoms with Crippen molar-refractivity contribution >= 4 is 21.8 Å². The number of benzene rings is 3. The van der Waals surface area contributed by atoms with E-state index in [0.29, 0.717) is 11.5 Å². The summed E-state index contributed by atoms with van der Waals surface area (Å²) in [6.45, 7) is 0. The molecule has 7 heteroatoms. The maximum atomic E-state index is 13.6. The minimum absolute atomic E-state index is 0.307. The largest absolute Gasteiger partial charge is 0.497 e. The van der Waals surface area contributed by atoms with Crippen molar-refractivity contribution in [2.45, 2.75) is 0 Å². The summed E-state index contributed by atoms with van der Waals surface area (Å²) < 4.78 is 31.7. The van der Waals surface area contributed by atoms with Crippen LogP contribution in [0, 0.1) is 5.82 Å². The molecule has 32 heavy (non-hydrogen) atoms. The molecular formula is C25H20FN3O3. The van der Waals surface area contributed by atoms with Crippen molar-refractivity contribution in [3.05, 3.63) is 72.7 Å². The molecule has 2 heterocycles. The average molecular weight is 429 g/mol. The molecule has 160 valence electrons. The third-order valence-electron chi connectivity index (χ3n) is 5.45. The van der Waals surface area contributed by atoms with E-state index in [0.717, 1.165) is 44.5 Å². The van der Waals surface area contributed by atoms with E-state index in [1.165, 1.54) is 12.1 Å². The first-order valence-corrected chi connectivity index (χ1v) is 9.96. The Labute approximate surface area is 183 Å². The molecule has 6 nitrogen and oxygen atoms in total. The Morgan fingerprint density at radius 2 is 1.47 bits per heavy atom. The van der Waals surface area contributed by atoms with Gasteiger partial charge in [-0.1, -0.05) is 0 Å². The Morgan fingerprint density at radius 1 is 0.781 bits per heavy atom. The number of methoxy groups -OCH3 is 3. The molecule has 0 aliphatic carbocycles. The molecule has 0 radical (unpaired) electrons. The third kappa shape index (κ3) is 3.19. The molecule has 0 saturated carbocycles. The van der Waals surface area contributed by atoms with Gasteiger partial charge in [0.1, 0.15) is 17.3 Å². The number of rotatable bonds is 5. The summed E-state index contributed by atoms with van der Waals surface area (Å²) in [6.07, 6.45) is 1.80. The molecule has 2 aromatic heterocycles. The van der Waals surface area contributed by atoms with E-state index in [2.05, 4.69) is 4.98 Å². The Balaban J connectivity index is 1.86. The number of hydrogen-bond acceptors (Lipinski definition) is 5. The molecule has 0 saturated heterocycles. The van der Waals surface area contributed by atoms with E-state index in [1.807, 2.05) is 41.1 Å². The first kappa shape index (κ1) is 19.8. The van der Waals surface area contributed by atoms with E-state index in [4.69, 9.17) is 19.3 Å². The number of nitrogens with zero attached hydrogens (tertiary/aromatic N) is 3. The first-order chi connectivity index (χ1) is 15.6. The molecule has 0 spiro atoms. The van der Waals surface area contributed by atoms with E-state index in [9.17, 15) is 4.39 Å². The second kappa shape index (κ2) is 7.85. The second-order valence-corrected chi connectivity index (χ2v) is 7.21. The number of pyridine rings is 1. The van der Waals surface area contributed by atoms with Gasteiger partial charge in [-0.3, -0.25) is 4.98 Å². The van der Waals surface area contributed by atoms with Gasteiger partial charge in [-0.2, -0.15) is 5.10 Å². The molecule has 5 rings (SSSR count). The maximum absolute atomic E-state index is 13.6. The fourth-order valence-electron chi connectivity index (χ4n) is 3.84. The Bertz CT molecular complexity index is 1430. The third-order valence-corrected chi connectivity index (χ3v) is 5.45. The summed E-state index contributed by atoms with van der Waals surface area (Å²) in [7, 11) is 4.81. The molecule has 5 aromatic rings. The summed E-state index contributed by atoms with van der Waals surface area (Å²) in [5, 5.41) is 6.61. The fourth-order valence-corrected chi connectivity index (χ4v) is 3.84. The quantitative estimate of drug-likeness (QED) is 0.374. The monoisotopic (exact) mass is 429 g/mol. The van der Waals surface area contributed by atoms with Crippen LogP contribution in [-0.4, -0.2) is 36.1 Å². The lowest BCUT2D eigenvalue weighted by molar-refractivity contribution is 0.356.